The van der Waals surface area contributed by atoms with Crippen molar-refractivity contribution >= 4 is 23.2 Å². The van der Waals surface area contributed by atoms with Crippen molar-refractivity contribution in [3.8, 4) is 0 Å². The molecule has 2 heterocycles. The van der Waals surface area contributed by atoms with Crippen LogP contribution in [-0.4, -0.2) is 25.4 Å². The molecule has 0 saturated carbocycles. The van der Waals surface area contributed by atoms with Gasteiger partial charge < -0.3 is 14.2 Å². The van der Waals surface area contributed by atoms with E-state index in [1.165, 1.54) is 0 Å². The highest BCUT2D eigenvalue weighted by atomic mass is 35.5. The zero-order chi connectivity index (χ0) is 15.8. The summed E-state index contributed by atoms with van der Waals surface area (Å²) in [7, 11) is 0. The zero-order valence-corrected chi connectivity index (χ0v) is 13.8. The van der Waals surface area contributed by atoms with Crippen LogP contribution in [0.3, 0.4) is 0 Å². The lowest BCUT2D eigenvalue weighted by molar-refractivity contribution is -0.0419. The molecular weight excluding hydrogens is 335 g/mol. The molecule has 5 heteroatoms. The van der Waals surface area contributed by atoms with Gasteiger partial charge in [-0.25, -0.2) is 0 Å². The Morgan fingerprint density at radius 3 is 1.61 bits per heavy atom. The summed E-state index contributed by atoms with van der Waals surface area (Å²) in [6.45, 7) is 1.40. The average Bonchev–Trinajstić information content (AvgIpc) is 3.41. The van der Waals surface area contributed by atoms with Gasteiger partial charge in [0.15, 0.2) is 0 Å². The van der Waals surface area contributed by atoms with Gasteiger partial charge in [0, 0.05) is 10.0 Å². The van der Waals surface area contributed by atoms with Gasteiger partial charge >= 0.3 is 0 Å². The summed E-state index contributed by atoms with van der Waals surface area (Å²) in [4.78, 5) is 0. The van der Waals surface area contributed by atoms with Crippen LogP contribution >= 0.6 is 23.2 Å². The molecule has 2 aromatic carbocycles. The first-order valence-electron chi connectivity index (χ1n) is 7.60. The minimum Gasteiger partial charge on any atom is -0.370 e. The first-order chi connectivity index (χ1) is 11.2. The Bertz CT molecular complexity index is 639. The van der Waals surface area contributed by atoms with Gasteiger partial charge in [-0.15, -0.1) is 0 Å². The maximum Gasteiger partial charge on any atom is 0.112 e. The SMILES string of the molecule is Clc1cccc(C(OC(c2cccc(Cl)c2)C2CO2)C2CO2)c1. The molecule has 120 valence electrons. The van der Waals surface area contributed by atoms with Gasteiger partial charge in [0.1, 0.15) is 24.4 Å². The van der Waals surface area contributed by atoms with Crippen LogP contribution in [0, 0.1) is 0 Å². The smallest absolute Gasteiger partial charge is 0.112 e. The molecule has 2 aliphatic rings. The molecule has 0 N–H and O–H groups in total. The van der Waals surface area contributed by atoms with Crippen molar-refractivity contribution in [2.75, 3.05) is 13.2 Å². The van der Waals surface area contributed by atoms with E-state index in [0.717, 1.165) is 11.1 Å². The van der Waals surface area contributed by atoms with Gasteiger partial charge in [-0.05, 0) is 35.4 Å². The number of hydrogen-bond donors (Lipinski definition) is 0. The lowest BCUT2D eigenvalue weighted by Crippen LogP contribution is -2.19. The standard InChI is InChI=1S/C18H16Cl2O3/c19-13-5-1-3-11(7-13)17(15-9-21-15)23-18(16-10-22-16)12-4-2-6-14(20)8-12/h1-8,15-18H,9-10H2. The number of halogens is 2. The lowest BCUT2D eigenvalue weighted by Gasteiger charge is -2.24. The Morgan fingerprint density at radius 2 is 1.26 bits per heavy atom. The van der Waals surface area contributed by atoms with E-state index in [4.69, 9.17) is 37.4 Å². The summed E-state index contributed by atoms with van der Waals surface area (Å²) in [6, 6.07) is 15.5. The van der Waals surface area contributed by atoms with Gasteiger partial charge in [-0.3, -0.25) is 0 Å². The average molecular weight is 351 g/mol. The summed E-state index contributed by atoms with van der Waals surface area (Å²) in [5.41, 5.74) is 2.04. The van der Waals surface area contributed by atoms with Crippen molar-refractivity contribution in [3.05, 3.63) is 69.7 Å². The van der Waals surface area contributed by atoms with Crippen molar-refractivity contribution in [3.63, 3.8) is 0 Å². The van der Waals surface area contributed by atoms with Gasteiger partial charge in [0.25, 0.3) is 0 Å². The number of benzene rings is 2. The summed E-state index contributed by atoms with van der Waals surface area (Å²) in [5, 5.41) is 1.39. The maximum absolute atomic E-state index is 6.41. The third kappa shape index (κ3) is 3.70. The van der Waals surface area contributed by atoms with Crippen LogP contribution in [0.25, 0.3) is 0 Å². The van der Waals surface area contributed by atoms with Gasteiger partial charge in [-0.1, -0.05) is 47.5 Å². The van der Waals surface area contributed by atoms with Crippen molar-refractivity contribution in [2.24, 2.45) is 0 Å². The second kappa shape index (κ2) is 6.42. The largest absolute Gasteiger partial charge is 0.370 e. The third-order valence-electron chi connectivity index (χ3n) is 4.04. The van der Waals surface area contributed by atoms with E-state index in [1.807, 2.05) is 48.5 Å². The normalized spacial score (nSPS) is 25.0. The highest BCUT2D eigenvalue weighted by Crippen LogP contribution is 2.41. The number of ether oxygens (including phenoxy) is 3. The molecular formula is C18H16Cl2O3. The molecule has 2 saturated heterocycles. The molecule has 2 aromatic rings. The second-order valence-corrected chi connectivity index (χ2v) is 6.70. The molecule has 0 aliphatic carbocycles. The first kappa shape index (κ1) is 15.4. The van der Waals surface area contributed by atoms with Gasteiger partial charge in [0.2, 0.25) is 0 Å². The van der Waals surface area contributed by atoms with Crippen LogP contribution in [-0.2, 0) is 14.2 Å². The lowest BCUT2D eigenvalue weighted by atomic mass is 10.0. The molecule has 2 fully saturated rings. The van der Waals surface area contributed by atoms with Crippen LogP contribution in [0.1, 0.15) is 23.3 Å². The molecule has 0 radical (unpaired) electrons. The Balaban J connectivity index is 1.61. The van der Waals surface area contributed by atoms with Crippen molar-refractivity contribution in [1.29, 1.82) is 0 Å². The van der Waals surface area contributed by atoms with E-state index in [-0.39, 0.29) is 24.4 Å². The van der Waals surface area contributed by atoms with Crippen LogP contribution in [0.15, 0.2) is 48.5 Å². The van der Waals surface area contributed by atoms with Gasteiger partial charge in [-0.2, -0.15) is 0 Å². The molecule has 0 spiro atoms. The van der Waals surface area contributed by atoms with E-state index in [9.17, 15) is 0 Å². The topological polar surface area (TPSA) is 34.3 Å². The van der Waals surface area contributed by atoms with E-state index in [2.05, 4.69) is 0 Å². The minimum atomic E-state index is -0.165. The fraction of sp³-hybridized carbons (Fsp3) is 0.333. The Hall–Kier alpha value is -1.10. The highest BCUT2D eigenvalue weighted by Gasteiger charge is 2.42. The Labute approximate surface area is 145 Å². The molecule has 3 nitrogen and oxygen atoms in total. The maximum atomic E-state index is 6.41. The van der Waals surface area contributed by atoms with E-state index < -0.39 is 0 Å². The van der Waals surface area contributed by atoms with Crippen molar-refractivity contribution in [1.82, 2.24) is 0 Å². The first-order valence-corrected chi connectivity index (χ1v) is 8.36. The van der Waals surface area contributed by atoms with Crippen molar-refractivity contribution < 1.29 is 14.2 Å². The fourth-order valence-corrected chi connectivity index (χ4v) is 3.14. The van der Waals surface area contributed by atoms with E-state index in [0.29, 0.717) is 23.3 Å². The predicted molar refractivity (Wildman–Crippen MR) is 89.0 cm³/mol. The molecule has 2 aliphatic heterocycles. The van der Waals surface area contributed by atoms with Crippen LogP contribution in [0.2, 0.25) is 10.0 Å². The molecule has 4 rings (SSSR count). The predicted octanol–water partition coefficient (Wildman–Crippen LogP) is 4.59. The molecule has 23 heavy (non-hydrogen) atoms. The molecule has 0 amide bonds. The van der Waals surface area contributed by atoms with E-state index in [1.54, 1.807) is 0 Å². The van der Waals surface area contributed by atoms with Crippen LogP contribution in [0.5, 0.6) is 0 Å². The fourth-order valence-electron chi connectivity index (χ4n) is 2.75. The second-order valence-electron chi connectivity index (χ2n) is 5.83. The Kier molecular flexibility index (Phi) is 4.31. The monoisotopic (exact) mass is 350 g/mol. The van der Waals surface area contributed by atoms with Crippen LogP contribution < -0.4 is 0 Å². The summed E-state index contributed by atoms with van der Waals surface area (Å²) >= 11 is 12.2. The molecule has 4 unspecified atom stereocenters. The summed E-state index contributed by atoms with van der Waals surface area (Å²) in [5.74, 6) is 0. The molecule has 0 bridgehead atoms. The number of hydrogen-bond acceptors (Lipinski definition) is 3. The summed E-state index contributed by atoms with van der Waals surface area (Å²) < 4.78 is 17.4. The van der Waals surface area contributed by atoms with Crippen molar-refractivity contribution in [2.45, 2.75) is 24.4 Å². The number of rotatable bonds is 6. The Morgan fingerprint density at radius 1 is 0.826 bits per heavy atom. The molecule has 4 atom stereocenters. The minimum absolute atomic E-state index is 0.0638. The van der Waals surface area contributed by atoms with Crippen LogP contribution in [0.4, 0.5) is 0 Å². The quantitative estimate of drug-likeness (QED) is 0.714. The third-order valence-corrected chi connectivity index (χ3v) is 4.51. The molecule has 0 aromatic heterocycles. The highest BCUT2D eigenvalue weighted by molar-refractivity contribution is 6.30. The zero-order valence-electron chi connectivity index (χ0n) is 12.3. The number of epoxide rings is 2. The summed E-state index contributed by atoms with van der Waals surface area (Å²) in [6.07, 6.45) is -0.202. The van der Waals surface area contributed by atoms with Gasteiger partial charge in [0.05, 0.1) is 13.2 Å². The van der Waals surface area contributed by atoms with E-state index >= 15 is 0 Å².